The monoisotopic (exact) mass is 186 g/mol. The molecule has 0 saturated heterocycles. The molecule has 0 N–H and O–H groups in total. The van der Waals surface area contributed by atoms with E-state index < -0.39 is 0 Å². The largest absolute Gasteiger partial charge is 0.351 e. The number of isocyanates is 1. The number of fused-ring (bicyclic) bond motifs is 1. The topological polar surface area (TPSA) is 34.4 Å². The second-order valence-corrected chi connectivity index (χ2v) is 3.18. The van der Waals surface area contributed by atoms with Crippen molar-refractivity contribution in [2.24, 2.45) is 12.0 Å². The summed E-state index contributed by atoms with van der Waals surface area (Å²) in [5, 5.41) is 1.15. The van der Waals surface area contributed by atoms with E-state index in [4.69, 9.17) is 0 Å². The van der Waals surface area contributed by atoms with Crippen molar-refractivity contribution in [3.8, 4) is 0 Å². The van der Waals surface area contributed by atoms with E-state index in [0.29, 0.717) is 6.54 Å². The molecule has 0 saturated carbocycles. The molecule has 3 nitrogen and oxygen atoms in total. The second-order valence-electron chi connectivity index (χ2n) is 3.18. The van der Waals surface area contributed by atoms with Gasteiger partial charge < -0.3 is 4.57 Å². The number of rotatable bonds is 2. The fourth-order valence-electron chi connectivity index (χ4n) is 1.62. The predicted molar refractivity (Wildman–Crippen MR) is 54.7 cm³/mol. The molecule has 1 heterocycles. The molecule has 1 aromatic heterocycles. The summed E-state index contributed by atoms with van der Waals surface area (Å²) in [5.41, 5.74) is 2.22. The summed E-state index contributed by atoms with van der Waals surface area (Å²) in [6, 6.07) is 8.02. The number of hydrogen-bond donors (Lipinski definition) is 0. The Morgan fingerprint density at radius 3 is 3.07 bits per heavy atom. The van der Waals surface area contributed by atoms with Gasteiger partial charge in [-0.3, -0.25) is 0 Å². The quantitative estimate of drug-likeness (QED) is 0.522. The zero-order valence-electron chi connectivity index (χ0n) is 7.90. The van der Waals surface area contributed by atoms with Gasteiger partial charge in [-0.2, -0.15) is 0 Å². The van der Waals surface area contributed by atoms with Crippen LogP contribution in [0.2, 0.25) is 0 Å². The minimum atomic E-state index is 0.408. The molecule has 0 aliphatic heterocycles. The fraction of sp³-hybridized carbons (Fsp3) is 0.182. The third-order valence-corrected chi connectivity index (χ3v) is 2.33. The van der Waals surface area contributed by atoms with E-state index in [-0.39, 0.29) is 0 Å². The van der Waals surface area contributed by atoms with E-state index in [2.05, 4.69) is 4.99 Å². The molecule has 3 heteroatoms. The zero-order valence-corrected chi connectivity index (χ0v) is 7.90. The third kappa shape index (κ3) is 1.34. The standard InChI is InChI=1S/C11H10N2O/c1-13-6-5-10-9(7-12-8-14)3-2-4-11(10)13/h2-6H,7H2,1H3. The van der Waals surface area contributed by atoms with Gasteiger partial charge in [-0.25, -0.2) is 9.79 Å². The van der Waals surface area contributed by atoms with Crippen molar-refractivity contribution in [2.45, 2.75) is 6.54 Å². The molecular weight excluding hydrogens is 176 g/mol. The molecule has 1 aromatic carbocycles. The van der Waals surface area contributed by atoms with Gasteiger partial charge in [0, 0.05) is 24.1 Å². The van der Waals surface area contributed by atoms with Gasteiger partial charge in [-0.1, -0.05) is 12.1 Å². The normalized spacial score (nSPS) is 10.1. The number of aliphatic imine (C=N–C) groups is 1. The van der Waals surface area contributed by atoms with Crippen molar-refractivity contribution in [3.05, 3.63) is 36.0 Å². The first-order valence-corrected chi connectivity index (χ1v) is 4.39. The highest BCUT2D eigenvalue weighted by molar-refractivity contribution is 5.83. The average Bonchev–Trinajstić information content (AvgIpc) is 2.58. The molecule has 2 aromatic rings. The first-order valence-electron chi connectivity index (χ1n) is 4.39. The van der Waals surface area contributed by atoms with E-state index in [9.17, 15) is 4.79 Å². The van der Waals surface area contributed by atoms with E-state index in [0.717, 1.165) is 16.5 Å². The van der Waals surface area contributed by atoms with E-state index in [1.165, 1.54) is 0 Å². The molecule has 0 unspecified atom stereocenters. The highest BCUT2D eigenvalue weighted by atomic mass is 16.1. The van der Waals surface area contributed by atoms with Gasteiger partial charge in [-0.15, -0.1) is 0 Å². The number of nitrogens with zero attached hydrogens (tertiary/aromatic N) is 2. The summed E-state index contributed by atoms with van der Waals surface area (Å²) in [4.78, 5) is 13.6. The smallest absolute Gasteiger partial charge is 0.235 e. The number of benzene rings is 1. The molecule has 14 heavy (non-hydrogen) atoms. The van der Waals surface area contributed by atoms with Crippen LogP contribution in [-0.4, -0.2) is 10.6 Å². The third-order valence-electron chi connectivity index (χ3n) is 2.33. The highest BCUT2D eigenvalue weighted by Crippen LogP contribution is 2.19. The van der Waals surface area contributed by atoms with Crippen LogP contribution in [0.5, 0.6) is 0 Å². The van der Waals surface area contributed by atoms with Crippen LogP contribution >= 0.6 is 0 Å². The van der Waals surface area contributed by atoms with Crippen LogP contribution in [0, 0.1) is 0 Å². The molecule has 0 spiro atoms. The maximum Gasteiger partial charge on any atom is 0.235 e. The van der Waals surface area contributed by atoms with Crippen LogP contribution in [0.4, 0.5) is 0 Å². The van der Waals surface area contributed by atoms with Gasteiger partial charge in [0.15, 0.2) is 0 Å². The predicted octanol–water partition coefficient (Wildman–Crippen LogP) is 2.01. The Balaban J connectivity index is 2.59. The molecule has 70 valence electrons. The molecule has 0 aliphatic carbocycles. The van der Waals surface area contributed by atoms with Gasteiger partial charge in [0.1, 0.15) is 0 Å². The lowest BCUT2D eigenvalue weighted by atomic mass is 10.1. The van der Waals surface area contributed by atoms with Crippen LogP contribution < -0.4 is 0 Å². The minimum Gasteiger partial charge on any atom is -0.351 e. The Kier molecular flexibility index (Phi) is 2.17. The number of carbonyl (C=O) groups excluding carboxylic acids is 1. The zero-order chi connectivity index (χ0) is 9.97. The van der Waals surface area contributed by atoms with Gasteiger partial charge in [-0.05, 0) is 17.7 Å². The Morgan fingerprint density at radius 1 is 1.43 bits per heavy atom. The molecular formula is C11H10N2O. The SMILES string of the molecule is Cn1ccc2c(CN=C=O)cccc21. The average molecular weight is 186 g/mol. The van der Waals surface area contributed by atoms with Crippen LogP contribution in [0.15, 0.2) is 35.5 Å². The summed E-state index contributed by atoms with van der Waals surface area (Å²) in [6.07, 6.45) is 3.55. The van der Waals surface area contributed by atoms with Gasteiger partial charge in [0.2, 0.25) is 6.08 Å². The molecule has 0 radical (unpaired) electrons. The molecule has 0 amide bonds. The summed E-state index contributed by atoms with van der Waals surface area (Å²) in [7, 11) is 2.00. The van der Waals surface area contributed by atoms with Crippen molar-refractivity contribution >= 4 is 17.0 Å². The van der Waals surface area contributed by atoms with Crippen LogP contribution in [0.1, 0.15) is 5.56 Å². The van der Waals surface area contributed by atoms with Gasteiger partial charge in [0.25, 0.3) is 0 Å². The number of aryl methyl sites for hydroxylation is 1. The lowest BCUT2D eigenvalue weighted by Gasteiger charge is -1.99. The number of hydrogen-bond acceptors (Lipinski definition) is 2. The number of aromatic nitrogens is 1. The molecule has 2 rings (SSSR count). The Labute approximate surface area is 81.7 Å². The van der Waals surface area contributed by atoms with Crippen molar-refractivity contribution < 1.29 is 4.79 Å². The minimum absolute atomic E-state index is 0.408. The van der Waals surface area contributed by atoms with Crippen molar-refractivity contribution in [1.82, 2.24) is 4.57 Å². The van der Waals surface area contributed by atoms with Crippen LogP contribution in [0.3, 0.4) is 0 Å². The second kappa shape index (κ2) is 3.48. The molecule has 0 fully saturated rings. The maximum absolute atomic E-state index is 10.0. The first kappa shape index (κ1) is 8.73. The summed E-state index contributed by atoms with van der Waals surface area (Å²) in [5.74, 6) is 0. The van der Waals surface area contributed by atoms with E-state index >= 15 is 0 Å². The van der Waals surface area contributed by atoms with Gasteiger partial charge >= 0.3 is 0 Å². The summed E-state index contributed by atoms with van der Waals surface area (Å²) in [6.45, 7) is 0.408. The van der Waals surface area contributed by atoms with Crippen LogP contribution in [0.25, 0.3) is 10.9 Å². The van der Waals surface area contributed by atoms with Crippen molar-refractivity contribution in [1.29, 1.82) is 0 Å². The molecule has 0 aliphatic rings. The maximum atomic E-state index is 10.0. The first-order chi connectivity index (χ1) is 6.83. The Hall–Kier alpha value is -1.86. The Morgan fingerprint density at radius 2 is 2.29 bits per heavy atom. The molecule has 0 atom stereocenters. The lowest BCUT2D eigenvalue weighted by Crippen LogP contribution is -1.86. The van der Waals surface area contributed by atoms with Gasteiger partial charge in [0.05, 0.1) is 6.54 Å². The van der Waals surface area contributed by atoms with Crippen molar-refractivity contribution in [2.75, 3.05) is 0 Å². The summed E-state index contributed by atoms with van der Waals surface area (Å²) < 4.78 is 2.05. The summed E-state index contributed by atoms with van der Waals surface area (Å²) >= 11 is 0. The lowest BCUT2D eigenvalue weighted by molar-refractivity contribution is 0.563. The van der Waals surface area contributed by atoms with Crippen LogP contribution in [-0.2, 0) is 18.4 Å². The van der Waals surface area contributed by atoms with E-state index in [1.54, 1.807) is 6.08 Å². The fourth-order valence-corrected chi connectivity index (χ4v) is 1.62. The highest BCUT2D eigenvalue weighted by Gasteiger charge is 2.01. The van der Waals surface area contributed by atoms with Crippen molar-refractivity contribution in [3.63, 3.8) is 0 Å². The Bertz CT molecular complexity index is 507. The molecule has 0 bridgehead atoms. The van der Waals surface area contributed by atoms with E-state index in [1.807, 2.05) is 42.1 Å².